The minimum atomic E-state index is 0.560. The van der Waals surface area contributed by atoms with E-state index >= 15 is 0 Å². The predicted octanol–water partition coefficient (Wildman–Crippen LogP) is 3.80. The third-order valence-corrected chi connectivity index (χ3v) is 4.32. The maximum atomic E-state index is 5.25. The van der Waals surface area contributed by atoms with Crippen molar-refractivity contribution in [2.45, 2.75) is 52.0 Å². The largest absolute Gasteiger partial charge is 0.497 e. The van der Waals surface area contributed by atoms with Gasteiger partial charge in [0.05, 0.1) is 7.11 Å². The van der Waals surface area contributed by atoms with Crippen LogP contribution in [-0.2, 0) is 6.42 Å². The summed E-state index contributed by atoms with van der Waals surface area (Å²) in [7, 11) is 1.72. The average molecular weight is 261 g/mol. The molecule has 1 aromatic rings. The lowest BCUT2D eigenvalue weighted by molar-refractivity contribution is 0.207. The van der Waals surface area contributed by atoms with Gasteiger partial charge in [0.25, 0.3) is 0 Å². The van der Waals surface area contributed by atoms with Crippen molar-refractivity contribution in [3.8, 4) is 5.75 Å². The molecule has 2 heteroatoms. The number of benzene rings is 1. The van der Waals surface area contributed by atoms with Crippen LogP contribution in [0.2, 0.25) is 0 Å². The van der Waals surface area contributed by atoms with Gasteiger partial charge in [0.1, 0.15) is 5.75 Å². The van der Waals surface area contributed by atoms with Crippen LogP contribution in [0.15, 0.2) is 24.3 Å². The molecule has 0 bridgehead atoms. The number of methoxy groups -OCH3 is 1. The lowest BCUT2D eigenvalue weighted by Crippen LogP contribution is -2.36. The molecule has 0 unspecified atom stereocenters. The molecule has 1 aliphatic carbocycles. The van der Waals surface area contributed by atoms with Gasteiger partial charge in [-0.2, -0.15) is 0 Å². The zero-order valence-corrected chi connectivity index (χ0v) is 12.5. The highest BCUT2D eigenvalue weighted by Gasteiger charge is 2.26. The van der Waals surface area contributed by atoms with E-state index in [9.17, 15) is 0 Å². The number of hydrogen-bond donors (Lipinski definition) is 1. The molecule has 0 aromatic heterocycles. The molecule has 0 saturated heterocycles. The fraction of sp³-hybridized carbons (Fsp3) is 0.647. The van der Waals surface area contributed by atoms with Crippen molar-refractivity contribution in [3.05, 3.63) is 29.8 Å². The van der Waals surface area contributed by atoms with E-state index in [1.165, 1.54) is 31.2 Å². The first-order valence-corrected chi connectivity index (χ1v) is 7.45. The standard InChI is InChI=1S/C17H27NO/c1-17(2)10-7-15(8-11-17)18-12-9-14-5-4-6-16(13-14)19-3/h4-6,13,15,18H,7-12H2,1-3H3. The summed E-state index contributed by atoms with van der Waals surface area (Å²) in [6.45, 7) is 5.84. The van der Waals surface area contributed by atoms with Crippen molar-refractivity contribution in [2.75, 3.05) is 13.7 Å². The van der Waals surface area contributed by atoms with E-state index in [1.54, 1.807) is 7.11 Å². The highest BCUT2D eigenvalue weighted by molar-refractivity contribution is 5.28. The number of rotatable bonds is 5. The molecule has 1 aliphatic rings. The van der Waals surface area contributed by atoms with Crippen molar-refractivity contribution >= 4 is 0 Å². The normalized spacial score (nSPS) is 19.3. The Bertz CT molecular complexity index is 390. The third-order valence-electron chi connectivity index (χ3n) is 4.32. The van der Waals surface area contributed by atoms with Crippen molar-refractivity contribution in [1.82, 2.24) is 5.32 Å². The minimum Gasteiger partial charge on any atom is -0.497 e. The minimum absolute atomic E-state index is 0.560. The van der Waals surface area contributed by atoms with Crippen LogP contribution >= 0.6 is 0 Å². The van der Waals surface area contributed by atoms with Gasteiger partial charge in [-0.05, 0) is 61.8 Å². The second-order valence-corrected chi connectivity index (χ2v) is 6.49. The molecule has 0 heterocycles. The predicted molar refractivity (Wildman–Crippen MR) is 80.7 cm³/mol. The number of ether oxygens (including phenoxy) is 1. The van der Waals surface area contributed by atoms with Crippen LogP contribution in [0.4, 0.5) is 0 Å². The topological polar surface area (TPSA) is 21.3 Å². The molecule has 19 heavy (non-hydrogen) atoms. The molecule has 1 aromatic carbocycles. The van der Waals surface area contributed by atoms with E-state index < -0.39 is 0 Å². The van der Waals surface area contributed by atoms with E-state index in [4.69, 9.17) is 4.74 Å². The van der Waals surface area contributed by atoms with Gasteiger partial charge < -0.3 is 10.1 Å². The van der Waals surface area contributed by atoms with E-state index in [2.05, 4.69) is 37.4 Å². The van der Waals surface area contributed by atoms with Crippen LogP contribution in [0.5, 0.6) is 5.75 Å². The van der Waals surface area contributed by atoms with Gasteiger partial charge in [-0.1, -0.05) is 26.0 Å². The highest BCUT2D eigenvalue weighted by Crippen LogP contribution is 2.34. The molecule has 1 saturated carbocycles. The summed E-state index contributed by atoms with van der Waals surface area (Å²) in [4.78, 5) is 0. The number of nitrogens with one attached hydrogen (secondary N) is 1. The monoisotopic (exact) mass is 261 g/mol. The van der Waals surface area contributed by atoms with Crippen molar-refractivity contribution in [1.29, 1.82) is 0 Å². The quantitative estimate of drug-likeness (QED) is 0.870. The fourth-order valence-corrected chi connectivity index (χ4v) is 2.85. The summed E-state index contributed by atoms with van der Waals surface area (Å²) in [6.07, 6.45) is 6.43. The van der Waals surface area contributed by atoms with Crippen molar-refractivity contribution in [3.63, 3.8) is 0 Å². The summed E-state index contributed by atoms with van der Waals surface area (Å²) < 4.78 is 5.25. The lowest BCUT2D eigenvalue weighted by Gasteiger charge is -2.34. The Morgan fingerprint density at radius 2 is 2.00 bits per heavy atom. The molecule has 0 radical (unpaired) electrons. The van der Waals surface area contributed by atoms with Crippen LogP contribution in [0.1, 0.15) is 45.1 Å². The molecule has 0 atom stereocenters. The van der Waals surface area contributed by atoms with Crippen LogP contribution in [0.25, 0.3) is 0 Å². The van der Waals surface area contributed by atoms with Gasteiger partial charge in [0.15, 0.2) is 0 Å². The molecule has 0 spiro atoms. The second-order valence-electron chi connectivity index (χ2n) is 6.49. The molecule has 1 fully saturated rings. The number of hydrogen-bond acceptors (Lipinski definition) is 2. The SMILES string of the molecule is COc1cccc(CCNC2CCC(C)(C)CC2)c1. The van der Waals surface area contributed by atoms with Gasteiger partial charge in [-0.25, -0.2) is 0 Å². The summed E-state index contributed by atoms with van der Waals surface area (Å²) in [5.74, 6) is 0.955. The summed E-state index contributed by atoms with van der Waals surface area (Å²) in [5.41, 5.74) is 1.91. The molecule has 0 amide bonds. The molecular weight excluding hydrogens is 234 g/mol. The maximum Gasteiger partial charge on any atom is 0.119 e. The van der Waals surface area contributed by atoms with Crippen molar-refractivity contribution in [2.24, 2.45) is 5.41 Å². The van der Waals surface area contributed by atoms with E-state index in [1.807, 2.05) is 6.07 Å². The van der Waals surface area contributed by atoms with Crippen LogP contribution in [0.3, 0.4) is 0 Å². The Morgan fingerprint density at radius 1 is 1.26 bits per heavy atom. The van der Waals surface area contributed by atoms with Gasteiger partial charge in [0.2, 0.25) is 0 Å². The summed E-state index contributed by atoms with van der Waals surface area (Å²) in [6, 6.07) is 9.09. The van der Waals surface area contributed by atoms with E-state index in [0.717, 1.165) is 24.8 Å². The second kappa shape index (κ2) is 6.42. The fourth-order valence-electron chi connectivity index (χ4n) is 2.85. The summed E-state index contributed by atoms with van der Waals surface area (Å²) >= 11 is 0. The molecule has 1 N–H and O–H groups in total. The summed E-state index contributed by atoms with van der Waals surface area (Å²) in [5, 5.41) is 3.70. The van der Waals surface area contributed by atoms with E-state index in [-0.39, 0.29) is 0 Å². The average Bonchev–Trinajstić information content (AvgIpc) is 2.41. The highest BCUT2D eigenvalue weighted by atomic mass is 16.5. The lowest BCUT2D eigenvalue weighted by atomic mass is 9.75. The smallest absolute Gasteiger partial charge is 0.119 e. The zero-order valence-electron chi connectivity index (χ0n) is 12.5. The first-order chi connectivity index (χ1) is 9.09. The Kier molecular flexibility index (Phi) is 4.87. The van der Waals surface area contributed by atoms with Gasteiger partial charge in [-0.15, -0.1) is 0 Å². The van der Waals surface area contributed by atoms with Crippen LogP contribution in [0, 0.1) is 5.41 Å². The Hall–Kier alpha value is -1.02. The maximum absolute atomic E-state index is 5.25. The van der Waals surface area contributed by atoms with E-state index in [0.29, 0.717) is 5.41 Å². The molecule has 2 nitrogen and oxygen atoms in total. The third kappa shape index (κ3) is 4.54. The molecule has 0 aliphatic heterocycles. The Labute approximate surface area is 117 Å². The van der Waals surface area contributed by atoms with Gasteiger partial charge in [-0.3, -0.25) is 0 Å². The molecule has 106 valence electrons. The van der Waals surface area contributed by atoms with Crippen LogP contribution < -0.4 is 10.1 Å². The van der Waals surface area contributed by atoms with Crippen LogP contribution in [-0.4, -0.2) is 19.7 Å². The Balaban J connectivity index is 1.72. The molecular formula is C17H27NO. The van der Waals surface area contributed by atoms with Gasteiger partial charge in [0, 0.05) is 6.04 Å². The zero-order chi connectivity index (χ0) is 13.7. The first kappa shape index (κ1) is 14.4. The van der Waals surface area contributed by atoms with Gasteiger partial charge >= 0.3 is 0 Å². The van der Waals surface area contributed by atoms with Crippen molar-refractivity contribution < 1.29 is 4.74 Å². The Morgan fingerprint density at radius 3 is 2.68 bits per heavy atom. The molecule has 2 rings (SSSR count). The first-order valence-electron chi connectivity index (χ1n) is 7.45.